The van der Waals surface area contributed by atoms with Crippen LogP contribution in [0, 0.1) is 28.6 Å². The molecule has 3 fully saturated rings. The zero-order valence-electron chi connectivity index (χ0n) is 16.7. The van der Waals surface area contributed by atoms with Crippen LogP contribution in [0.25, 0.3) is 0 Å². The molecule has 0 amide bonds. The molecule has 0 bridgehead atoms. The molecule has 156 valence electrons. The fraction of sp³-hybridized carbons (Fsp3) is 0.773. The van der Waals surface area contributed by atoms with E-state index >= 15 is 4.39 Å². The lowest BCUT2D eigenvalue weighted by Crippen LogP contribution is -2.69. The van der Waals surface area contributed by atoms with E-state index in [1.54, 1.807) is 39.0 Å². The summed E-state index contributed by atoms with van der Waals surface area (Å²) in [7, 11) is 0. The molecule has 0 heterocycles. The molecule has 0 spiro atoms. The summed E-state index contributed by atoms with van der Waals surface area (Å²) in [4.78, 5) is 12.6. The van der Waals surface area contributed by atoms with Gasteiger partial charge in [0.25, 0.3) is 0 Å². The normalized spacial score (nSPS) is 55.1. The van der Waals surface area contributed by atoms with Crippen molar-refractivity contribution in [1.82, 2.24) is 0 Å². The minimum absolute atomic E-state index is 0.0451. The lowest BCUT2D eigenvalue weighted by molar-refractivity contribution is -0.219. The van der Waals surface area contributed by atoms with Crippen molar-refractivity contribution in [3.8, 4) is 0 Å². The fourth-order valence-electron chi connectivity index (χ4n) is 7.38. The lowest BCUT2D eigenvalue weighted by Gasteiger charge is -2.62. The van der Waals surface area contributed by atoms with Crippen molar-refractivity contribution in [3.63, 3.8) is 0 Å². The van der Waals surface area contributed by atoms with Gasteiger partial charge >= 0.3 is 0 Å². The maximum absolute atomic E-state index is 16.9. The van der Waals surface area contributed by atoms with Crippen LogP contribution in [-0.4, -0.2) is 56.3 Å². The highest BCUT2D eigenvalue weighted by molar-refractivity contribution is 5.90. The highest BCUT2D eigenvalue weighted by Gasteiger charge is 2.75. The summed E-state index contributed by atoms with van der Waals surface area (Å²) in [5.74, 6) is -1.88. The first-order valence-electron chi connectivity index (χ1n) is 10.3. The van der Waals surface area contributed by atoms with Gasteiger partial charge < -0.3 is 20.4 Å². The monoisotopic (exact) mass is 394 g/mol. The molecule has 0 aromatic heterocycles. The van der Waals surface area contributed by atoms with Crippen molar-refractivity contribution in [2.75, 3.05) is 6.61 Å². The number of aliphatic hydroxyl groups is 4. The average molecular weight is 394 g/mol. The van der Waals surface area contributed by atoms with Gasteiger partial charge in [-0.1, -0.05) is 37.6 Å². The highest BCUT2D eigenvalue weighted by Crippen LogP contribution is 2.70. The summed E-state index contributed by atoms with van der Waals surface area (Å²) < 4.78 is 16.9. The van der Waals surface area contributed by atoms with Gasteiger partial charge in [-0.05, 0) is 44.4 Å². The van der Waals surface area contributed by atoms with Gasteiger partial charge in [-0.15, -0.1) is 0 Å². The number of rotatable bonds is 2. The van der Waals surface area contributed by atoms with E-state index in [1.807, 2.05) is 0 Å². The van der Waals surface area contributed by atoms with Gasteiger partial charge in [0.05, 0.1) is 12.2 Å². The largest absolute Gasteiger partial charge is 0.390 e. The van der Waals surface area contributed by atoms with Crippen LogP contribution in [0.15, 0.2) is 23.8 Å². The molecule has 0 radical (unpaired) electrons. The van der Waals surface area contributed by atoms with Gasteiger partial charge in [0.2, 0.25) is 0 Å². The van der Waals surface area contributed by atoms with Gasteiger partial charge in [0, 0.05) is 16.7 Å². The molecule has 0 aliphatic heterocycles. The zero-order valence-corrected chi connectivity index (χ0v) is 16.7. The van der Waals surface area contributed by atoms with E-state index < -0.39 is 58.5 Å². The van der Waals surface area contributed by atoms with Crippen LogP contribution in [0.2, 0.25) is 0 Å². The maximum Gasteiger partial charge on any atom is 0.190 e. The Labute approximate surface area is 165 Å². The average Bonchev–Trinajstić information content (AvgIpc) is 2.84. The van der Waals surface area contributed by atoms with Crippen LogP contribution < -0.4 is 0 Å². The van der Waals surface area contributed by atoms with E-state index in [9.17, 15) is 25.2 Å². The predicted molar refractivity (Wildman–Crippen MR) is 101 cm³/mol. The Hall–Kier alpha value is -1.08. The molecule has 0 aromatic carbocycles. The molecule has 28 heavy (non-hydrogen) atoms. The van der Waals surface area contributed by atoms with Crippen LogP contribution in [0.1, 0.15) is 46.5 Å². The Morgan fingerprint density at radius 2 is 1.96 bits per heavy atom. The Kier molecular flexibility index (Phi) is 4.31. The van der Waals surface area contributed by atoms with Crippen molar-refractivity contribution in [2.45, 2.75) is 69.9 Å². The SMILES string of the molecule is C[C@@H]1CC2C3CCC4=CC(O)C=C[C@]4(C)[C@@]3(F)[C@@H](O)C[C@]2(C)[C@@]1(O)C(=O)CO. The number of carbonyl (C=O) groups is 1. The van der Waals surface area contributed by atoms with E-state index in [-0.39, 0.29) is 12.3 Å². The number of carbonyl (C=O) groups excluding carboxylic acids is 1. The quantitative estimate of drug-likeness (QED) is 0.535. The first-order chi connectivity index (χ1) is 13.0. The smallest absolute Gasteiger partial charge is 0.190 e. The number of allylic oxidation sites excluding steroid dienone is 2. The fourth-order valence-corrected chi connectivity index (χ4v) is 7.38. The van der Waals surface area contributed by atoms with Gasteiger partial charge in [0.15, 0.2) is 11.5 Å². The van der Waals surface area contributed by atoms with E-state index in [4.69, 9.17) is 0 Å². The minimum Gasteiger partial charge on any atom is -0.390 e. The Morgan fingerprint density at radius 3 is 2.61 bits per heavy atom. The van der Waals surface area contributed by atoms with Gasteiger partial charge in [-0.25, -0.2) is 4.39 Å². The predicted octanol–water partition coefficient (Wildman–Crippen LogP) is 1.69. The van der Waals surface area contributed by atoms with E-state index in [1.165, 1.54) is 0 Å². The molecule has 4 rings (SSSR count). The summed E-state index contributed by atoms with van der Waals surface area (Å²) in [6.07, 6.45) is 4.36. The zero-order chi connectivity index (χ0) is 20.7. The van der Waals surface area contributed by atoms with Crippen molar-refractivity contribution in [3.05, 3.63) is 23.8 Å². The van der Waals surface area contributed by atoms with Crippen molar-refractivity contribution < 1.29 is 29.6 Å². The van der Waals surface area contributed by atoms with Crippen molar-refractivity contribution >= 4 is 5.78 Å². The molecule has 0 saturated heterocycles. The van der Waals surface area contributed by atoms with Crippen LogP contribution >= 0.6 is 0 Å². The topological polar surface area (TPSA) is 98.0 Å². The Balaban J connectivity index is 1.83. The number of alkyl halides is 1. The highest BCUT2D eigenvalue weighted by atomic mass is 19.1. The number of halogens is 1. The van der Waals surface area contributed by atoms with Crippen molar-refractivity contribution in [1.29, 1.82) is 0 Å². The first kappa shape index (κ1) is 20.2. The molecular weight excluding hydrogens is 363 g/mol. The summed E-state index contributed by atoms with van der Waals surface area (Å²) in [6, 6.07) is 0. The molecule has 3 saturated carbocycles. The van der Waals surface area contributed by atoms with E-state index in [2.05, 4.69) is 0 Å². The standard InChI is InChI=1S/C22H31FO5/c1-12-8-16-15-5-4-13-9-14(25)6-7-19(13,2)21(15,23)17(26)10-20(16,3)22(12,28)18(27)11-24/h6-7,9,12,14-17,24-26,28H,4-5,8,10-11H2,1-3H3/t12-,14?,15?,16?,17+,19+,20+,21+,22+/m1/s1. The van der Waals surface area contributed by atoms with E-state index in [0.717, 1.165) is 5.57 Å². The third kappa shape index (κ3) is 2.07. The van der Waals surface area contributed by atoms with Gasteiger partial charge in [0.1, 0.15) is 12.2 Å². The summed E-state index contributed by atoms with van der Waals surface area (Å²) in [5.41, 5.74) is -4.94. The van der Waals surface area contributed by atoms with Crippen LogP contribution in [0.4, 0.5) is 4.39 Å². The second kappa shape index (κ2) is 5.97. The summed E-state index contributed by atoms with van der Waals surface area (Å²) in [5, 5.41) is 42.0. The summed E-state index contributed by atoms with van der Waals surface area (Å²) in [6.45, 7) is 4.56. The molecular formula is C22H31FO5. The van der Waals surface area contributed by atoms with Gasteiger partial charge in [-0.2, -0.15) is 0 Å². The third-order valence-electron chi connectivity index (χ3n) is 8.89. The van der Waals surface area contributed by atoms with Crippen LogP contribution in [0.5, 0.6) is 0 Å². The first-order valence-corrected chi connectivity index (χ1v) is 10.3. The summed E-state index contributed by atoms with van der Waals surface area (Å²) >= 11 is 0. The maximum atomic E-state index is 16.9. The lowest BCUT2D eigenvalue weighted by atomic mass is 9.44. The number of aliphatic hydroxyl groups excluding tert-OH is 3. The van der Waals surface area contributed by atoms with Crippen LogP contribution in [0.3, 0.4) is 0 Å². The number of hydrogen-bond acceptors (Lipinski definition) is 5. The van der Waals surface area contributed by atoms with E-state index in [0.29, 0.717) is 19.3 Å². The van der Waals surface area contributed by atoms with Crippen LogP contribution in [-0.2, 0) is 4.79 Å². The second-order valence-electron chi connectivity index (χ2n) is 9.89. The second-order valence-corrected chi connectivity index (χ2v) is 9.89. The number of Topliss-reactive ketones (excluding diaryl/α,β-unsaturated/α-hetero) is 1. The number of ketones is 1. The molecule has 3 unspecified atom stereocenters. The van der Waals surface area contributed by atoms with Gasteiger partial charge in [-0.3, -0.25) is 4.79 Å². The number of hydrogen-bond donors (Lipinski definition) is 4. The molecule has 0 aromatic rings. The molecule has 9 atom stereocenters. The number of fused-ring (bicyclic) bond motifs is 5. The molecule has 5 nitrogen and oxygen atoms in total. The molecule has 4 aliphatic rings. The van der Waals surface area contributed by atoms with Crippen molar-refractivity contribution in [2.24, 2.45) is 28.6 Å². The Bertz CT molecular complexity index is 764. The third-order valence-corrected chi connectivity index (χ3v) is 8.89. The molecule has 6 heteroatoms. The Morgan fingerprint density at radius 1 is 1.29 bits per heavy atom. The molecule has 4 aliphatic carbocycles. The minimum atomic E-state index is -1.94. The molecule has 4 N–H and O–H groups in total.